The van der Waals surface area contributed by atoms with Crippen LogP contribution < -0.4 is 14.8 Å². The lowest BCUT2D eigenvalue weighted by atomic mass is 10.1. The number of benzene rings is 1. The Morgan fingerprint density at radius 3 is 2.43 bits per heavy atom. The molecule has 0 spiro atoms. The summed E-state index contributed by atoms with van der Waals surface area (Å²) in [5.74, 6) is 0.671. The quantitative estimate of drug-likeness (QED) is 0.894. The second-order valence-corrected chi connectivity index (χ2v) is 5.14. The van der Waals surface area contributed by atoms with Gasteiger partial charge in [-0.2, -0.15) is 5.10 Å². The van der Waals surface area contributed by atoms with Crippen LogP contribution in [0, 0.1) is 0 Å². The van der Waals surface area contributed by atoms with E-state index in [2.05, 4.69) is 26.3 Å². The minimum absolute atomic E-state index is 0.266. The molecule has 0 atom stereocenters. The largest absolute Gasteiger partial charge is 0.496 e. The molecule has 0 unspecified atom stereocenters. The van der Waals surface area contributed by atoms with Crippen molar-refractivity contribution in [2.75, 3.05) is 14.2 Å². The molecule has 0 saturated carbocycles. The van der Waals surface area contributed by atoms with Gasteiger partial charge in [0.1, 0.15) is 17.1 Å². The van der Waals surface area contributed by atoms with E-state index in [1.54, 1.807) is 29.1 Å². The average Bonchev–Trinajstić information content (AvgIpc) is 2.82. The molecule has 0 aliphatic heterocycles. The Kier molecular flexibility index (Phi) is 4.85. The molecule has 0 aliphatic rings. The Morgan fingerprint density at radius 1 is 1.33 bits per heavy atom. The molecule has 1 heterocycles. The zero-order chi connectivity index (χ0) is 15.4. The molecule has 0 aliphatic carbocycles. The van der Waals surface area contributed by atoms with Crippen LogP contribution in [-0.2, 0) is 13.6 Å². The van der Waals surface area contributed by atoms with Crippen LogP contribution in [0.2, 0.25) is 0 Å². The van der Waals surface area contributed by atoms with Gasteiger partial charge in [-0.15, -0.1) is 0 Å². The number of rotatable bonds is 5. The minimum atomic E-state index is -0.266. The Bertz CT molecular complexity index is 613. The van der Waals surface area contributed by atoms with E-state index >= 15 is 0 Å². The molecule has 0 radical (unpaired) electrons. The molecule has 1 aromatic heterocycles. The van der Waals surface area contributed by atoms with E-state index in [-0.39, 0.29) is 5.91 Å². The van der Waals surface area contributed by atoms with Crippen molar-refractivity contribution in [1.82, 2.24) is 15.1 Å². The molecule has 7 heteroatoms. The Balaban J connectivity index is 2.21. The monoisotopic (exact) mass is 353 g/mol. The van der Waals surface area contributed by atoms with Crippen LogP contribution in [-0.4, -0.2) is 29.9 Å². The van der Waals surface area contributed by atoms with Crippen LogP contribution in [0.4, 0.5) is 0 Å². The van der Waals surface area contributed by atoms with Crippen molar-refractivity contribution in [3.05, 3.63) is 40.1 Å². The summed E-state index contributed by atoms with van der Waals surface area (Å²) in [7, 11) is 4.85. The molecule has 1 aromatic carbocycles. The molecule has 0 fully saturated rings. The van der Waals surface area contributed by atoms with Gasteiger partial charge in [-0.25, -0.2) is 0 Å². The Labute approximate surface area is 131 Å². The summed E-state index contributed by atoms with van der Waals surface area (Å²) in [4.78, 5) is 12.4. The van der Waals surface area contributed by atoms with Crippen LogP contribution in [0.15, 0.2) is 28.9 Å². The highest BCUT2D eigenvalue weighted by atomic mass is 79.9. The first kappa shape index (κ1) is 15.4. The summed E-state index contributed by atoms with van der Waals surface area (Å²) in [5.41, 5.74) is 1.25. The summed E-state index contributed by atoms with van der Waals surface area (Å²) >= 11 is 3.40. The van der Waals surface area contributed by atoms with Crippen LogP contribution >= 0.6 is 15.9 Å². The lowest BCUT2D eigenvalue weighted by Gasteiger charge is -2.13. The molecule has 6 nitrogen and oxygen atoms in total. The fourth-order valence-electron chi connectivity index (χ4n) is 1.96. The number of nitrogens with one attached hydrogen (secondary N) is 1. The predicted octanol–water partition coefficient (Wildman–Crippen LogP) is 2.13. The number of aromatic nitrogens is 2. The molecular formula is C14H16BrN3O3. The smallest absolute Gasteiger partial charge is 0.259 e. The SMILES string of the molecule is COc1cccc(OC)c1C(=O)NCc1c(Br)cnn1C. The minimum Gasteiger partial charge on any atom is -0.496 e. The second kappa shape index (κ2) is 6.62. The fourth-order valence-corrected chi connectivity index (χ4v) is 2.45. The van der Waals surface area contributed by atoms with Crippen molar-refractivity contribution in [2.45, 2.75) is 6.54 Å². The number of hydrogen-bond acceptors (Lipinski definition) is 4. The standard InChI is InChI=1S/C14H16BrN3O3/c1-18-10(9(15)7-17-18)8-16-14(19)13-11(20-2)5-4-6-12(13)21-3/h4-7H,8H2,1-3H3,(H,16,19). The van der Waals surface area contributed by atoms with Crippen LogP contribution in [0.3, 0.4) is 0 Å². The zero-order valence-corrected chi connectivity index (χ0v) is 13.6. The van der Waals surface area contributed by atoms with Gasteiger partial charge in [0.25, 0.3) is 5.91 Å². The van der Waals surface area contributed by atoms with Crippen LogP contribution in [0.5, 0.6) is 11.5 Å². The Morgan fingerprint density at radius 2 is 1.95 bits per heavy atom. The molecule has 2 rings (SSSR count). The third-order valence-electron chi connectivity index (χ3n) is 3.08. The molecule has 0 bridgehead atoms. The van der Waals surface area contributed by atoms with E-state index < -0.39 is 0 Å². The number of carbonyl (C=O) groups excluding carboxylic acids is 1. The van der Waals surface area contributed by atoms with Crippen LogP contribution in [0.25, 0.3) is 0 Å². The normalized spacial score (nSPS) is 10.3. The number of hydrogen-bond donors (Lipinski definition) is 1. The van der Waals surface area contributed by atoms with Crippen molar-refractivity contribution in [1.29, 1.82) is 0 Å². The van der Waals surface area contributed by atoms with Crippen molar-refractivity contribution in [3.8, 4) is 11.5 Å². The molecule has 0 saturated heterocycles. The molecule has 21 heavy (non-hydrogen) atoms. The van der Waals surface area contributed by atoms with Gasteiger partial charge in [-0.3, -0.25) is 9.48 Å². The average molecular weight is 354 g/mol. The summed E-state index contributed by atoms with van der Waals surface area (Å²) in [6.07, 6.45) is 1.69. The number of halogens is 1. The van der Waals surface area contributed by atoms with Gasteiger partial charge in [0.2, 0.25) is 0 Å². The fraction of sp³-hybridized carbons (Fsp3) is 0.286. The van der Waals surface area contributed by atoms with Gasteiger partial charge in [-0.05, 0) is 28.1 Å². The molecular weight excluding hydrogens is 338 g/mol. The lowest BCUT2D eigenvalue weighted by Crippen LogP contribution is -2.25. The Hall–Kier alpha value is -2.02. The highest BCUT2D eigenvalue weighted by molar-refractivity contribution is 9.10. The second-order valence-electron chi connectivity index (χ2n) is 4.28. The number of amides is 1. The van der Waals surface area contributed by atoms with Crippen molar-refractivity contribution in [2.24, 2.45) is 7.05 Å². The highest BCUT2D eigenvalue weighted by Gasteiger charge is 2.18. The lowest BCUT2D eigenvalue weighted by molar-refractivity contribution is 0.0943. The van der Waals surface area contributed by atoms with Gasteiger partial charge in [0.05, 0.1) is 37.1 Å². The molecule has 1 N–H and O–H groups in total. The van der Waals surface area contributed by atoms with Gasteiger partial charge < -0.3 is 14.8 Å². The molecule has 1 amide bonds. The number of nitrogens with zero attached hydrogens (tertiary/aromatic N) is 2. The van der Waals surface area contributed by atoms with Gasteiger partial charge in [0.15, 0.2) is 0 Å². The zero-order valence-electron chi connectivity index (χ0n) is 12.0. The van der Waals surface area contributed by atoms with Crippen molar-refractivity contribution in [3.63, 3.8) is 0 Å². The molecule has 112 valence electrons. The number of aryl methyl sites for hydroxylation is 1. The van der Waals surface area contributed by atoms with Crippen molar-refractivity contribution < 1.29 is 14.3 Å². The summed E-state index contributed by atoms with van der Waals surface area (Å²) < 4.78 is 13.0. The third-order valence-corrected chi connectivity index (χ3v) is 3.74. The van der Waals surface area contributed by atoms with Gasteiger partial charge in [0, 0.05) is 7.05 Å². The van der Waals surface area contributed by atoms with E-state index in [9.17, 15) is 4.79 Å². The first-order valence-corrected chi connectivity index (χ1v) is 7.03. The van der Waals surface area contributed by atoms with E-state index in [1.165, 1.54) is 14.2 Å². The number of carbonyl (C=O) groups is 1. The summed E-state index contributed by atoms with van der Waals surface area (Å²) in [6.45, 7) is 0.344. The maximum absolute atomic E-state index is 12.4. The van der Waals surface area contributed by atoms with Crippen molar-refractivity contribution >= 4 is 21.8 Å². The summed E-state index contributed by atoms with van der Waals surface area (Å²) in [5, 5.41) is 6.95. The highest BCUT2D eigenvalue weighted by Crippen LogP contribution is 2.28. The van der Waals surface area contributed by atoms with E-state index in [4.69, 9.17) is 9.47 Å². The number of ether oxygens (including phenoxy) is 2. The third kappa shape index (κ3) is 3.18. The molecule has 2 aromatic rings. The van der Waals surface area contributed by atoms with Crippen LogP contribution in [0.1, 0.15) is 16.1 Å². The first-order valence-electron chi connectivity index (χ1n) is 6.24. The topological polar surface area (TPSA) is 65.4 Å². The summed E-state index contributed by atoms with van der Waals surface area (Å²) in [6, 6.07) is 5.21. The van der Waals surface area contributed by atoms with E-state index in [0.717, 1.165) is 10.2 Å². The maximum Gasteiger partial charge on any atom is 0.259 e. The maximum atomic E-state index is 12.4. The van der Waals surface area contributed by atoms with E-state index in [1.807, 2.05) is 7.05 Å². The van der Waals surface area contributed by atoms with Gasteiger partial charge >= 0.3 is 0 Å². The first-order chi connectivity index (χ1) is 10.1. The predicted molar refractivity (Wildman–Crippen MR) is 81.6 cm³/mol. The van der Waals surface area contributed by atoms with Gasteiger partial charge in [-0.1, -0.05) is 6.07 Å². The van der Waals surface area contributed by atoms with E-state index in [0.29, 0.717) is 23.6 Å². The number of methoxy groups -OCH3 is 2.